The molecule has 0 spiro atoms. The Labute approximate surface area is 145 Å². The number of hydrogen-bond acceptors (Lipinski definition) is 5. The third kappa shape index (κ3) is 3.68. The van der Waals surface area contributed by atoms with Gasteiger partial charge in [-0.2, -0.15) is 0 Å². The van der Waals surface area contributed by atoms with E-state index in [4.69, 9.17) is 13.9 Å². The Bertz CT molecular complexity index is 868. The van der Waals surface area contributed by atoms with Crippen LogP contribution in [-0.2, 0) is 0 Å². The van der Waals surface area contributed by atoms with Gasteiger partial charge in [-0.05, 0) is 32.9 Å². The topological polar surface area (TPSA) is 77.8 Å². The van der Waals surface area contributed by atoms with E-state index in [2.05, 4.69) is 5.32 Å². The Morgan fingerprint density at radius 2 is 2.04 bits per heavy atom. The number of rotatable bonds is 3. The molecule has 2 aromatic rings. The van der Waals surface area contributed by atoms with Gasteiger partial charge in [0, 0.05) is 30.2 Å². The van der Waals surface area contributed by atoms with Crippen LogP contribution in [0.4, 0.5) is 0 Å². The number of nitrogens with one attached hydrogen (secondary N) is 1. The minimum atomic E-state index is -0.454. The van der Waals surface area contributed by atoms with Crippen LogP contribution in [0.15, 0.2) is 39.5 Å². The Balaban J connectivity index is 1.92. The van der Waals surface area contributed by atoms with Gasteiger partial charge < -0.3 is 19.2 Å². The van der Waals surface area contributed by atoms with Gasteiger partial charge in [-0.3, -0.25) is 9.59 Å². The first kappa shape index (κ1) is 17.1. The van der Waals surface area contributed by atoms with Crippen LogP contribution in [0.25, 0.3) is 0 Å². The second kappa shape index (κ2) is 6.27. The molecule has 6 heteroatoms. The number of aryl methyl sites for hydroxylation is 1. The number of carbonyl (C=O) groups excluding carboxylic acids is 1. The molecule has 132 valence electrons. The van der Waals surface area contributed by atoms with Crippen molar-refractivity contribution in [3.8, 4) is 11.5 Å². The molecule has 2 heterocycles. The highest BCUT2D eigenvalue weighted by atomic mass is 16.5. The van der Waals surface area contributed by atoms with E-state index >= 15 is 0 Å². The zero-order valence-corrected chi connectivity index (χ0v) is 14.7. The van der Waals surface area contributed by atoms with E-state index in [0.29, 0.717) is 23.7 Å². The number of fused-ring (bicyclic) bond motifs is 1. The lowest BCUT2D eigenvalue weighted by Gasteiger charge is -2.38. The van der Waals surface area contributed by atoms with Gasteiger partial charge in [-0.25, -0.2) is 0 Å². The Hall–Kier alpha value is -2.76. The van der Waals surface area contributed by atoms with Gasteiger partial charge in [0.05, 0.1) is 13.2 Å². The largest absolute Gasteiger partial charge is 0.497 e. The molecule has 0 saturated carbocycles. The molecule has 1 atom stereocenters. The van der Waals surface area contributed by atoms with Gasteiger partial charge in [0.2, 0.25) is 0 Å². The molecule has 1 aromatic heterocycles. The van der Waals surface area contributed by atoms with Crippen molar-refractivity contribution in [3.63, 3.8) is 0 Å². The van der Waals surface area contributed by atoms with E-state index in [0.717, 1.165) is 5.56 Å². The van der Waals surface area contributed by atoms with Crippen molar-refractivity contribution in [2.24, 2.45) is 0 Å². The number of methoxy groups -OCH3 is 1. The van der Waals surface area contributed by atoms with Crippen LogP contribution >= 0.6 is 0 Å². The monoisotopic (exact) mass is 343 g/mol. The van der Waals surface area contributed by atoms with Gasteiger partial charge >= 0.3 is 0 Å². The van der Waals surface area contributed by atoms with Crippen molar-refractivity contribution in [2.75, 3.05) is 7.11 Å². The maximum absolute atomic E-state index is 12.6. The van der Waals surface area contributed by atoms with Crippen molar-refractivity contribution < 1.29 is 18.7 Å². The maximum atomic E-state index is 12.6. The standard InChI is InChI=1S/C19H21NO5/c1-11-7-12(21)8-17(24-11)18(22)20-15-10-19(2,3)25-16-9-13(23-4)5-6-14(15)16/h5-9,15H,10H2,1-4H3,(H,20,22). The lowest BCUT2D eigenvalue weighted by molar-refractivity contribution is 0.0608. The third-order valence-electron chi connectivity index (χ3n) is 4.10. The van der Waals surface area contributed by atoms with Crippen LogP contribution in [0.2, 0.25) is 0 Å². The summed E-state index contributed by atoms with van der Waals surface area (Å²) in [5, 5.41) is 2.95. The zero-order chi connectivity index (χ0) is 18.2. The molecule has 3 rings (SSSR count). The molecule has 1 aromatic carbocycles. The number of ether oxygens (including phenoxy) is 2. The summed E-state index contributed by atoms with van der Waals surface area (Å²) in [4.78, 5) is 24.2. The quantitative estimate of drug-likeness (QED) is 0.927. The Morgan fingerprint density at radius 1 is 1.28 bits per heavy atom. The smallest absolute Gasteiger partial charge is 0.287 e. The lowest BCUT2D eigenvalue weighted by atomic mass is 9.89. The predicted octanol–water partition coefficient (Wildman–Crippen LogP) is 2.99. The minimum absolute atomic E-state index is 0.00404. The summed E-state index contributed by atoms with van der Waals surface area (Å²) in [5.74, 6) is 1.34. The number of amides is 1. The molecule has 0 saturated heterocycles. The van der Waals surface area contributed by atoms with Crippen LogP contribution in [0.3, 0.4) is 0 Å². The van der Waals surface area contributed by atoms with Crippen molar-refractivity contribution in [3.05, 3.63) is 57.6 Å². The predicted molar refractivity (Wildman–Crippen MR) is 92.2 cm³/mol. The van der Waals surface area contributed by atoms with Crippen molar-refractivity contribution in [1.29, 1.82) is 0 Å². The van der Waals surface area contributed by atoms with Crippen LogP contribution in [0.1, 0.15) is 48.2 Å². The Kier molecular flexibility index (Phi) is 4.29. The van der Waals surface area contributed by atoms with E-state index in [1.165, 1.54) is 12.1 Å². The molecule has 0 bridgehead atoms. The van der Waals surface area contributed by atoms with Gasteiger partial charge in [0.15, 0.2) is 11.2 Å². The van der Waals surface area contributed by atoms with E-state index in [1.54, 1.807) is 14.0 Å². The molecular formula is C19H21NO5. The molecule has 6 nitrogen and oxygen atoms in total. The summed E-state index contributed by atoms with van der Waals surface area (Å²) in [6.45, 7) is 5.56. The number of carbonyl (C=O) groups is 1. The summed E-state index contributed by atoms with van der Waals surface area (Å²) in [6, 6.07) is 7.79. The van der Waals surface area contributed by atoms with Gasteiger partial charge in [0.1, 0.15) is 22.9 Å². The first-order chi connectivity index (χ1) is 11.8. The van der Waals surface area contributed by atoms with Crippen LogP contribution in [0, 0.1) is 6.92 Å². The van der Waals surface area contributed by atoms with Gasteiger partial charge in [-0.1, -0.05) is 0 Å². The number of benzene rings is 1. The first-order valence-corrected chi connectivity index (χ1v) is 8.07. The van der Waals surface area contributed by atoms with Crippen molar-refractivity contribution >= 4 is 5.91 Å². The molecule has 25 heavy (non-hydrogen) atoms. The second-order valence-corrected chi connectivity index (χ2v) is 6.76. The SMILES string of the molecule is COc1ccc2c(c1)OC(C)(C)CC2NC(=O)c1cc(=O)cc(C)o1. The average molecular weight is 343 g/mol. The van der Waals surface area contributed by atoms with E-state index in [1.807, 2.05) is 32.0 Å². The van der Waals surface area contributed by atoms with Crippen molar-refractivity contribution in [2.45, 2.75) is 38.8 Å². The van der Waals surface area contributed by atoms with Gasteiger partial charge in [-0.15, -0.1) is 0 Å². The molecule has 1 unspecified atom stereocenters. The second-order valence-electron chi connectivity index (χ2n) is 6.76. The fourth-order valence-corrected chi connectivity index (χ4v) is 3.03. The molecule has 1 aliphatic heterocycles. The third-order valence-corrected chi connectivity index (χ3v) is 4.10. The molecule has 0 aliphatic carbocycles. The maximum Gasteiger partial charge on any atom is 0.287 e. The lowest BCUT2D eigenvalue weighted by Crippen LogP contribution is -2.41. The normalized spacial score (nSPS) is 18.0. The highest BCUT2D eigenvalue weighted by Gasteiger charge is 2.35. The van der Waals surface area contributed by atoms with Crippen LogP contribution in [-0.4, -0.2) is 18.6 Å². The summed E-state index contributed by atoms with van der Waals surface area (Å²) in [7, 11) is 1.59. The molecule has 0 radical (unpaired) electrons. The minimum Gasteiger partial charge on any atom is -0.497 e. The molecule has 1 N–H and O–H groups in total. The summed E-state index contributed by atoms with van der Waals surface area (Å²) in [6.07, 6.45) is 0.591. The van der Waals surface area contributed by atoms with E-state index in [9.17, 15) is 9.59 Å². The highest BCUT2D eigenvalue weighted by molar-refractivity contribution is 5.91. The molecular weight excluding hydrogens is 322 g/mol. The van der Waals surface area contributed by atoms with E-state index < -0.39 is 11.5 Å². The van der Waals surface area contributed by atoms with Crippen LogP contribution < -0.4 is 20.2 Å². The molecule has 1 amide bonds. The fourth-order valence-electron chi connectivity index (χ4n) is 3.03. The summed E-state index contributed by atoms with van der Waals surface area (Å²) in [5.41, 5.74) is 0.153. The molecule has 0 fully saturated rings. The van der Waals surface area contributed by atoms with Crippen LogP contribution in [0.5, 0.6) is 11.5 Å². The number of hydrogen-bond donors (Lipinski definition) is 1. The van der Waals surface area contributed by atoms with Crippen molar-refractivity contribution in [1.82, 2.24) is 5.32 Å². The highest BCUT2D eigenvalue weighted by Crippen LogP contribution is 2.41. The first-order valence-electron chi connectivity index (χ1n) is 8.07. The average Bonchev–Trinajstić information content (AvgIpc) is 2.52. The zero-order valence-electron chi connectivity index (χ0n) is 14.7. The fraction of sp³-hybridized carbons (Fsp3) is 0.368. The summed E-state index contributed by atoms with van der Waals surface area (Å²) >= 11 is 0. The van der Waals surface area contributed by atoms with Gasteiger partial charge in [0.25, 0.3) is 5.91 Å². The summed E-state index contributed by atoms with van der Waals surface area (Å²) < 4.78 is 16.6. The van der Waals surface area contributed by atoms with E-state index in [-0.39, 0.29) is 17.2 Å². The Morgan fingerprint density at radius 3 is 2.72 bits per heavy atom. The molecule has 1 aliphatic rings.